The van der Waals surface area contributed by atoms with Crippen LogP contribution in [0.3, 0.4) is 0 Å². The lowest BCUT2D eigenvalue weighted by molar-refractivity contribution is -0.117. The summed E-state index contributed by atoms with van der Waals surface area (Å²) in [5, 5.41) is 2.91. The van der Waals surface area contributed by atoms with Crippen molar-refractivity contribution in [1.82, 2.24) is 0 Å². The molecule has 0 bridgehead atoms. The molecule has 0 heterocycles. The Bertz CT molecular complexity index is 554. The van der Waals surface area contributed by atoms with Crippen molar-refractivity contribution < 1.29 is 4.79 Å². The van der Waals surface area contributed by atoms with Crippen LogP contribution >= 0.6 is 11.8 Å². The highest BCUT2D eigenvalue weighted by atomic mass is 32.2. The number of nitrogens with one attached hydrogen (secondary N) is 1. The fraction of sp³-hybridized carbons (Fsp3) is 0.188. The van der Waals surface area contributed by atoms with E-state index in [1.807, 2.05) is 60.9 Å². The van der Waals surface area contributed by atoms with E-state index in [9.17, 15) is 4.79 Å². The molecular formula is C16H18N2OS. The topological polar surface area (TPSA) is 55.1 Å². The number of carbonyl (C=O) groups is 1. The van der Waals surface area contributed by atoms with Gasteiger partial charge in [-0.25, -0.2) is 0 Å². The molecule has 0 spiro atoms. The predicted molar refractivity (Wildman–Crippen MR) is 85.1 cm³/mol. The first-order valence-corrected chi connectivity index (χ1v) is 7.67. The number of anilines is 1. The largest absolute Gasteiger partial charge is 0.329 e. The van der Waals surface area contributed by atoms with Gasteiger partial charge in [-0.1, -0.05) is 30.3 Å². The number of hydrogen-bond acceptors (Lipinski definition) is 3. The first-order chi connectivity index (χ1) is 9.74. The number of thioether (sulfide) groups is 1. The third-order valence-electron chi connectivity index (χ3n) is 3.11. The van der Waals surface area contributed by atoms with Crippen molar-refractivity contribution in [3.05, 3.63) is 60.2 Å². The standard InChI is InChI=1S/C16H18N2OS/c1-20-14-9-7-13(8-10-14)18-16(19)15(11-17)12-5-3-2-4-6-12/h2-10,15H,11,17H2,1H3,(H,18,19). The number of amides is 1. The molecule has 2 rings (SSSR count). The maximum absolute atomic E-state index is 12.3. The molecule has 0 aliphatic rings. The van der Waals surface area contributed by atoms with Gasteiger partial charge in [0.05, 0.1) is 5.92 Å². The summed E-state index contributed by atoms with van der Waals surface area (Å²) in [5.41, 5.74) is 7.47. The molecule has 4 heteroatoms. The van der Waals surface area contributed by atoms with E-state index in [4.69, 9.17) is 5.73 Å². The van der Waals surface area contributed by atoms with Crippen LogP contribution in [0.4, 0.5) is 5.69 Å². The zero-order valence-electron chi connectivity index (χ0n) is 11.4. The zero-order valence-corrected chi connectivity index (χ0v) is 12.2. The number of carbonyl (C=O) groups excluding carboxylic acids is 1. The Hall–Kier alpha value is -1.78. The smallest absolute Gasteiger partial charge is 0.233 e. The number of benzene rings is 2. The second-order valence-corrected chi connectivity index (χ2v) is 5.30. The van der Waals surface area contributed by atoms with Gasteiger partial charge in [0.2, 0.25) is 5.91 Å². The van der Waals surface area contributed by atoms with Crippen LogP contribution in [-0.4, -0.2) is 18.7 Å². The first-order valence-electron chi connectivity index (χ1n) is 6.44. The molecule has 1 amide bonds. The summed E-state index contributed by atoms with van der Waals surface area (Å²) in [6.45, 7) is 0.290. The minimum absolute atomic E-state index is 0.0735. The van der Waals surface area contributed by atoms with Gasteiger partial charge in [0.1, 0.15) is 0 Å². The Morgan fingerprint density at radius 3 is 2.35 bits per heavy atom. The van der Waals surface area contributed by atoms with Gasteiger partial charge in [-0.05, 0) is 36.1 Å². The average molecular weight is 286 g/mol. The van der Waals surface area contributed by atoms with E-state index in [0.717, 1.165) is 11.3 Å². The van der Waals surface area contributed by atoms with E-state index >= 15 is 0 Å². The van der Waals surface area contributed by atoms with Crippen LogP contribution in [0, 0.1) is 0 Å². The van der Waals surface area contributed by atoms with E-state index in [1.165, 1.54) is 4.90 Å². The van der Waals surface area contributed by atoms with E-state index < -0.39 is 0 Å². The highest BCUT2D eigenvalue weighted by Gasteiger charge is 2.18. The van der Waals surface area contributed by atoms with Crippen LogP contribution in [0.2, 0.25) is 0 Å². The van der Waals surface area contributed by atoms with Gasteiger partial charge in [-0.3, -0.25) is 4.79 Å². The summed E-state index contributed by atoms with van der Waals surface area (Å²) in [7, 11) is 0. The number of nitrogens with two attached hydrogens (primary N) is 1. The Morgan fingerprint density at radius 2 is 1.80 bits per heavy atom. The molecule has 1 atom stereocenters. The van der Waals surface area contributed by atoms with Crippen LogP contribution in [-0.2, 0) is 4.79 Å². The maximum Gasteiger partial charge on any atom is 0.233 e. The van der Waals surface area contributed by atoms with Crippen molar-refractivity contribution in [1.29, 1.82) is 0 Å². The fourth-order valence-electron chi connectivity index (χ4n) is 1.98. The second-order valence-electron chi connectivity index (χ2n) is 4.42. The van der Waals surface area contributed by atoms with E-state index in [1.54, 1.807) is 11.8 Å². The summed E-state index contributed by atoms with van der Waals surface area (Å²) in [6.07, 6.45) is 2.02. The van der Waals surface area contributed by atoms with Crippen molar-refractivity contribution in [2.75, 3.05) is 18.1 Å². The summed E-state index contributed by atoms with van der Waals surface area (Å²) < 4.78 is 0. The van der Waals surface area contributed by atoms with Crippen LogP contribution in [0.5, 0.6) is 0 Å². The molecule has 3 nitrogen and oxygen atoms in total. The molecule has 1 unspecified atom stereocenters. The number of hydrogen-bond donors (Lipinski definition) is 2. The molecule has 0 saturated heterocycles. The molecule has 0 aliphatic carbocycles. The monoisotopic (exact) mass is 286 g/mol. The fourth-order valence-corrected chi connectivity index (χ4v) is 2.39. The summed E-state index contributed by atoms with van der Waals surface area (Å²) in [6, 6.07) is 17.4. The quantitative estimate of drug-likeness (QED) is 0.830. The first kappa shape index (κ1) is 14.6. The molecule has 0 radical (unpaired) electrons. The Balaban J connectivity index is 2.09. The second kappa shape index (κ2) is 7.12. The average Bonchev–Trinajstić information content (AvgIpc) is 2.50. The number of rotatable bonds is 5. The molecule has 0 fully saturated rings. The zero-order chi connectivity index (χ0) is 14.4. The lowest BCUT2D eigenvalue weighted by atomic mass is 9.98. The van der Waals surface area contributed by atoms with Crippen LogP contribution in [0.15, 0.2) is 59.5 Å². The minimum atomic E-state index is -0.323. The third-order valence-corrected chi connectivity index (χ3v) is 3.86. The third kappa shape index (κ3) is 3.62. The lowest BCUT2D eigenvalue weighted by Gasteiger charge is -2.15. The van der Waals surface area contributed by atoms with E-state index in [-0.39, 0.29) is 11.8 Å². The Labute approximate surface area is 123 Å². The minimum Gasteiger partial charge on any atom is -0.329 e. The molecule has 104 valence electrons. The molecule has 0 aliphatic heterocycles. The maximum atomic E-state index is 12.3. The van der Waals surface area contributed by atoms with Crippen LogP contribution in [0.25, 0.3) is 0 Å². The van der Waals surface area contributed by atoms with Gasteiger partial charge in [-0.2, -0.15) is 0 Å². The highest BCUT2D eigenvalue weighted by molar-refractivity contribution is 7.98. The Kier molecular flexibility index (Phi) is 5.21. The molecule has 3 N–H and O–H groups in total. The van der Waals surface area contributed by atoms with Gasteiger partial charge in [0.15, 0.2) is 0 Å². The molecule has 0 saturated carbocycles. The normalized spacial score (nSPS) is 11.9. The van der Waals surface area contributed by atoms with Crippen molar-refractivity contribution in [3.8, 4) is 0 Å². The molecule has 2 aromatic rings. The van der Waals surface area contributed by atoms with Crippen molar-refractivity contribution in [3.63, 3.8) is 0 Å². The van der Waals surface area contributed by atoms with Gasteiger partial charge in [-0.15, -0.1) is 11.8 Å². The SMILES string of the molecule is CSc1ccc(NC(=O)C(CN)c2ccccc2)cc1. The van der Waals surface area contributed by atoms with Crippen molar-refractivity contribution >= 4 is 23.4 Å². The summed E-state index contributed by atoms with van der Waals surface area (Å²) in [5.74, 6) is -0.396. The van der Waals surface area contributed by atoms with Gasteiger partial charge < -0.3 is 11.1 Å². The lowest BCUT2D eigenvalue weighted by Crippen LogP contribution is -2.27. The van der Waals surface area contributed by atoms with Gasteiger partial charge in [0, 0.05) is 17.1 Å². The molecule has 0 aromatic heterocycles. The van der Waals surface area contributed by atoms with Crippen LogP contribution < -0.4 is 11.1 Å². The van der Waals surface area contributed by atoms with Gasteiger partial charge >= 0.3 is 0 Å². The molecule has 20 heavy (non-hydrogen) atoms. The Morgan fingerprint density at radius 1 is 1.15 bits per heavy atom. The molecule has 2 aromatic carbocycles. The predicted octanol–water partition coefficient (Wildman–Crippen LogP) is 3.09. The van der Waals surface area contributed by atoms with Crippen LogP contribution in [0.1, 0.15) is 11.5 Å². The van der Waals surface area contributed by atoms with Gasteiger partial charge in [0.25, 0.3) is 0 Å². The summed E-state index contributed by atoms with van der Waals surface area (Å²) >= 11 is 1.67. The van der Waals surface area contributed by atoms with E-state index in [2.05, 4.69) is 5.32 Å². The summed E-state index contributed by atoms with van der Waals surface area (Å²) in [4.78, 5) is 13.5. The van der Waals surface area contributed by atoms with Crippen molar-refractivity contribution in [2.24, 2.45) is 5.73 Å². The van der Waals surface area contributed by atoms with E-state index in [0.29, 0.717) is 6.54 Å². The van der Waals surface area contributed by atoms with Crippen molar-refractivity contribution in [2.45, 2.75) is 10.8 Å². The molecular weight excluding hydrogens is 268 g/mol. The highest BCUT2D eigenvalue weighted by Crippen LogP contribution is 2.20.